The normalized spacial score (nSPS) is 52.0. The van der Waals surface area contributed by atoms with E-state index in [2.05, 4.69) is 4.74 Å². The number of hydrogen-bond acceptors (Lipinski definition) is 4. The summed E-state index contributed by atoms with van der Waals surface area (Å²) in [4.78, 5) is 0. The SMILES string of the molecule is CC1O[C@H](O)[C@@H](O)[C@H]1O. The van der Waals surface area contributed by atoms with Crippen LogP contribution in [0.4, 0.5) is 0 Å². The van der Waals surface area contributed by atoms with Crippen molar-refractivity contribution < 1.29 is 20.1 Å². The summed E-state index contributed by atoms with van der Waals surface area (Å²) < 4.78 is 4.64. The van der Waals surface area contributed by atoms with E-state index < -0.39 is 24.6 Å². The molecule has 1 aliphatic heterocycles. The minimum absolute atomic E-state index is 0.477. The summed E-state index contributed by atoms with van der Waals surface area (Å²) in [6, 6.07) is 0. The van der Waals surface area contributed by atoms with Gasteiger partial charge in [-0.25, -0.2) is 0 Å². The average Bonchev–Trinajstić information content (AvgIpc) is 1.98. The van der Waals surface area contributed by atoms with Gasteiger partial charge in [0.2, 0.25) is 0 Å². The molecule has 1 unspecified atom stereocenters. The quantitative estimate of drug-likeness (QED) is 0.375. The Hall–Kier alpha value is -0.160. The van der Waals surface area contributed by atoms with Gasteiger partial charge in [-0.1, -0.05) is 0 Å². The highest BCUT2D eigenvalue weighted by atomic mass is 16.6. The number of aliphatic hydroxyl groups is 3. The van der Waals surface area contributed by atoms with E-state index in [9.17, 15) is 0 Å². The summed E-state index contributed by atoms with van der Waals surface area (Å²) in [5, 5.41) is 26.4. The Bertz CT molecular complexity index is 93.1. The standard InChI is InChI=1S/C5H10O4/c1-2-3(6)4(7)5(8)9-2/h2-8H,1H3/t2?,3-,4-,5-/m0/s1. The first-order valence-electron chi connectivity index (χ1n) is 2.82. The molecule has 4 heteroatoms. The molecule has 1 saturated heterocycles. The zero-order valence-corrected chi connectivity index (χ0v) is 5.06. The molecule has 1 rings (SSSR count). The fraction of sp³-hybridized carbons (Fsp3) is 1.00. The van der Waals surface area contributed by atoms with Gasteiger partial charge in [0, 0.05) is 0 Å². The largest absolute Gasteiger partial charge is 0.388 e. The summed E-state index contributed by atoms with van der Waals surface area (Å²) >= 11 is 0. The fourth-order valence-electron chi connectivity index (χ4n) is 0.827. The lowest BCUT2D eigenvalue weighted by molar-refractivity contribution is -0.124. The molecule has 0 aromatic heterocycles. The molecule has 0 aliphatic carbocycles. The zero-order valence-electron chi connectivity index (χ0n) is 5.06. The van der Waals surface area contributed by atoms with Crippen molar-refractivity contribution in [3.63, 3.8) is 0 Å². The van der Waals surface area contributed by atoms with Crippen molar-refractivity contribution in [1.82, 2.24) is 0 Å². The van der Waals surface area contributed by atoms with Crippen LogP contribution in [0.5, 0.6) is 0 Å². The molecule has 4 atom stereocenters. The van der Waals surface area contributed by atoms with Crippen LogP contribution >= 0.6 is 0 Å². The van der Waals surface area contributed by atoms with Gasteiger partial charge < -0.3 is 20.1 Å². The minimum Gasteiger partial charge on any atom is -0.388 e. The molecule has 54 valence electrons. The summed E-state index contributed by atoms with van der Waals surface area (Å²) in [5.74, 6) is 0. The first-order valence-corrected chi connectivity index (χ1v) is 2.82. The van der Waals surface area contributed by atoms with E-state index in [4.69, 9.17) is 15.3 Å². The monoisotopic (exact) mass is 134 g/mol. The molecular weight excluding hydrogens is 124 g/mol. The van der Waals surface area contributed by atoms with Crippen LogP contribution in [0.25, 0.3) is 0 Å². The predicted molar refractivity (Wildman–Crippen MR) is 28.6 cm³/mol. The maximum absolute atomic E-state index is 8.90. The van der Waals surface area contributed by atoms with E-state index in [0.29, 0.717) is 0 Å². The molecule has 0 aromatic rings. The third-order valence-corrected chi connectivity index (χ3v) is 1.48. The summed E-state index contributed by atoms with van der Waals surface area (Å²) in [6.07, 6.45) is -3.81. The third-order valence-electron chi connectivity index (χ3n) is 1.48. The number of rotatable bonds is 0. The highest BCUT2D eigenvalue weighted by Crippen LogP contribution is 2.18. The average molecular weight is 134 g/mol. The zero-order chi connectivity index (χ0) is 7.02. The Labute approximate surface area is 52.7 Å². The van der Waals surface area contributed by atoms with Crippen molar-refractivity contribution in [2.75, 3.05) is 0 Å². The smallest absolute Gasteiger partial charge is 0.183 e. The second-order valence-corrected chi connectivity index (χ2v) is 2.21. The molecule has 0 spiro atoms. The lowest BCUT2D eigenvalue weighted by Crippen LogP contribution is -2.31. The van der Waals surface area contributed by atoms with Crippen molar-refractivity contribution in [3.8, 4) is 0 Å². The number of hydrogen-bond donors (Lipinski definition) is 3. The molecule has 1 aliphatic rings. The van der Waals surface area contributed by atoms with Gasteiger partial charge in [-0.2, -0.15) is 0 Å². The van der Waals surface area contributed by atoms with Crippen molar-refractivity contribution in [2.24, 2.45) is 0 Å². The molecule has 3 N–H and O–H groups in total. The van der Waals surface area contributed by atoms with E-state index in [0.717, 1.165) is 0 Å². The van der Waals surface area contributed by atoms with Crippen LogP contribution in [0, 0.1) is 0 Å². The lowest BCUT2D eigenvalue weighted by atomic mass is 10.2. The Morgan fingerprint density at radius 2 is 1.67 bits per heavy atom. The molecule has 0 saturated carbocycles. The molecule has 4 nitrogen and oxygen atoms in total. The number of aliphatic hydroxyl groups excluding tert-OH is 3. The van der Waals surface area contributed by atoms with Gasteiger partial charge in [-0.3, -0.25) is 0 Å². The molecule has 1 heterocycles. The second-order valence-electron chi connectivity index (χ2n) is 2.21. The number of ether oxygens (including phenoxy) is 1. The van der Waals surface area contributed by atoms with E-state index in [-0.39, 0.29) is 0 Å². The van der Waals surface area contributed by atoms with Crippen molar-refractivity contribution in [2.45, 2.75) is 31.5 Å². The van der Waals surface area contributed by atoms with Crippen molar-refractivity contribution in [1.29, 1.82) is 0 Å². The van der Waals surface area contributed by atoms with Crippen LogP contribution in [0.2, 0.25) is 0 Å². The minimum atomic E-state index is -1.23. The van der Waals surface area contributed by atoms with Crippen LogP contribution < -0.4 is 0 Å². The third kappa shape index (κ3) is 1.07. The topological polar surface area (TPSA) is 69.9 Å². The van der Waals surface area contributed by atoms with Gasteiger partial charge in [-0.05, 0) is 6.92 Å². The summed E-state index contributed by atoms with van der Waals surface area (Å²) in [6.45, 7) is 1.59. The van der Waals surface area contributed by atoms with Gasteiger partial charge in [0.25, 0.3) is 0 Å². The molecule has 0 amide bonds. The maximum atomic E-state index is 8.90. The van der Waals surface area contributed by atoms with E-state index in [1.54, 1.807) is 6.92 Å². The Kier molecular flexibility index (Phi) is 1.72. The van der Waals surface area contributed by atoms with Gasteiger partial charge >= 0.3 is 0 Å². The van der Waals surface area contributed by atoms with Gasteiger partial charge in [0.05, 0.1) is 6.10 Å². The maximum Gasteiger partial charge on any atom is 0.183 e. The Balaban J connectivity index is 2.54. The molecule has 9 heavy (non-hydrogen) atoms. The lowest BCUT2D eigenvalue weighted by Gasteiger charge is -2.07. The first kappa shape index (κ1) is 6.95. The molecule has 0 aromatic carbocycles. The van der Waals surface area contributed by atoms with Crippen LogP contribution in [0.3, 0.4) is 0 Å². The van der Waals surface area contributed by atoms with E-state index in [1.165, 1.54) is 0 Å². The van der Waals surface area contributed by atoms with E-state index >= 15 is 0 Å². The highest BCUT2D eigenvalue weighted by molar-refractivity contribution is 4.82. The second kappa shape index (κ2) is 2.22. The Morgan fingerprint density at radius 1 is 1.11 bits per heavy atom. The predicted octanol–water partition coefficient (Wildman–Crippen LogP) is -1.55. The molecule has 0 radical (unpaired) electrons. The van der Waals surface area contributed by atoms with Gasteiger partial charge in [0.15, 0.2) is 6.29 Å². The molecule has 1 fully saturated rings. The fourth-order valence-corrected chi connectivity index (χ4v) is 0.827. The van der Waals surface area contributed by atoms with E-state index in [1.807, 2.05) is 0 Å². The first-order chi connectivity index (χ1) is 4.13. The van der Waals surface area contributed by atoms with Crippen molar-refractivity contribution in [3.05, 3.63) is 0 Å². The van der Waals surface area contributed by atoms with Crippen molar-refractivity contribution >= 4 is 0 Å². The molecular formula is C5H10O4. The van der Waals surface area contributed by atoms with Gasteiger partial charge in [0.1, 0.15) is 12.2 Å². The summed E-state index contributed by atoms with van der Waals surface area (Å²) in [5.41, 5.74) is 0. The molecule has 0 bridgehead atoms. The van der Waals surface area contributed by atoms with Gasteiger partial charge in [-0.15, -0.1) is 0 Å². The highest BCUT2D eigenvalue weighted by Gasteiger charge is 2.38. The van der Waals surface area contributed by atoms with Crippen LogP contribution in [0.1, 0.15) is 6.92 Å². The van der Waals surface area contributed by atoms with Crippen LogP contribution in [-0.4, -0.2) is 39.9 Å². The summed E-state index contributed by atoms with van der Waals surface area (Å²) in [7, 11) is 0. The Morgan fingerprint density at radius 3 is 1.78 bits per heavy atom. The van der Waals surface area contributed by atoms with Crippen LogP contribution in [-0.2, 0) is 4.74 Å². The van der Waals surface area contributed by atoms with Crippen LogP contribution in [0.15, 0.2) is 0 Å².